The first-order chi connectivity index (χ1) is 14.3. The molecule has 0 aromatic rings. The van der Waals surface area contributed by atoms with E-state index in [-0.39, 0.29) is 32.1 Å². The lowest BCUT2D eigenvalue weighted by atomic mass is 9.86. The molecule has 1 heterocycles. The minimum absolute atomic E-state index is 0.0423. The van der Waals surface area contributed by atoms with Crippen LogP contribution in [0.3, 0.4) is 0 Å². The second-order valence-electron chi connectivity index (χ2n) is 7.28. The van der Waals surface area contributed by atoms with Crippen molar-refractivity contribution in [2.45, 2.75) is 85.0 Å². The Morgan fingerprint density at radius 3 is 1.97 bits per heavy atom. The SMILES string of the molecule is C=CN(OC(=O)C1(C(=O)ON2C(=O)CCC2=O)CCCC1)C(=O)CCC.CCCC. The maximum Gasteiger partial charge on any atom is 0.350 e. The van der Waals surface area contributed by atoms with Crippen LogP contribution in [0.4, 0.5) is 0 Å². The number of imide groups is 1. The Bertz CT molecular complexity index is 650. The molecule has 1 aliphatic heterocycles. The van der Waals surface area contributed by atoms with Gasteiger partial charge in [0.2, 0.25) is 0 Å². The monoisotopic (exact) mass is 424 g/mol. The molecule has 1 saturated carbocycles. The first kappa shape index (κ1) is 25.3. The van der Waals surface area contributed by atoms with E-state index < -0.39 is 35.1 Å². The van der Waals surface area contributed by atoms with Crippen LogP contribution in [0.25, 0.3) is 0 Å². The summed E-state index contributed by atoms with van der Waals surface area (Å²) in [5.74, 6) is -3.70. The first-order valence-corrected chi connectivity index (χ1v) is 10.5. The van der Waals surface area contributed by atoms with Crippen molar-refractivity contribution < 1.29 is 33.6 Å². The number of hydrogen-bond acceptors (Lipinski definition) is 7. The molecule has 168 valence electrons. The van der Waals surface area contributed by atoms with Gasteiger partial charge in [0.25, 0.3) is 17.7 Å². The predicted molar refractivity (Wildman–Crippen MR) is 107 cm³/mol. The Morgan fingerprint density at radius 1 is 1.00 bits per heavy atom. The summed E-state index contributed by atoms with van der Waals surface area (Å²) in [5, 5.41) is 1.11. The van der Waals surface area contributed by atoms with Gasteiger partial charge in [-0.05, 0) is 19.3 Å². The van der Waals surface area contributed by atoms with Crippen molar-refractivity contribution in [2.75, 3.05) is 0 Å². The van der Waals surface area contributed by atoms with Gasteiger partial charge in [0, 0.05) is 25.5 Å². The van der Waals surface area contributed by atoms with Gasteiger partial charge in [0.1, 0.15) is 0 Å². The van der Waals surface area contributed by atoms with Crippen LogP contribution in [0.5, 0.6) is 0 Å². The zero-order chi connectivity index (χ0) is 22.7. The zero-order valence-corrected chi connectivity index (χ0v) is 18.1. The van der Waals surface area contributed by atoms with E-state index in [2.05, 4.69) is 20.4 Å². The fraction of sp³-hybridized carbons (Fsp3) is 0.667. The molecule has 0 atom stereocenters. The molecule has 1 aliphatic carbocycles. The Morgan fingerprint density at radius 2 is 1.53 bits per heavy atom. The molecular formula is C21H32N2O7. The van der Waals surface area contributed by atoms with Crippen molar-refractivity contribution in [1.82, 2.24) is 10.1 Å². The molecule has 0 N–H and O–H groups in total. The van der Waals surface area contributed by atoms with Gasteiger partial charge in [-0.1, -0.05) is 53.0 Å². The molecule has 0 spiro atoms. The highest BCUT2D eigenvalue weighted by molar-refractivity contribution is 6.04. The van der Waals surface area contributed by atoms with Crippen molar-refractivity contribution in [2.24, 2.45) is 5.41 Å². The van der Waals surface area contributed by atoms with Gasteiger partial charge < -0.3 is 9.68 Å². The maximum atomic E-state index is 12.7. The van der Waals surface area contributed by atoms with Gasteiger partial charge in [-0.25, -0.2) is 9.59 Å². The van der Waals surface area contributed by atoms with Crippen LogP contribution in [-0.2, 0) is 33.6 Å². The van der Waals surface area contributed by atoms with Crippen molar-refractivity contribution in [1.29, 1.82) is 0 Å². The summed E-state index contributed by atoms with van der Waals surface area (Å²) in [5.41, 5.74) is -1.66. The summed E-state index contributed by atoms with van der Waals surface area (Å²) in [6, 6.07) is 0. The molecule has 0 bridgehead atoms. The van der Waals surface area contributed by atoms with Crippen molar-refractivity contribution >= 4 is 29.7 Å². The van der Waals surface area contributed by atoms with E-state index in [9.17, 15) is 24.0 Å². The Kier molecular flexibility index (Phi) is 10.2. The molecule has 30 heavy (non-hydrogen) atoms. The van der Waals surface area contributed by atoms with E-state index in [1.807, 2.05) is 0 Å². The largest absolute Gasteiger partial charge is 0.350 e. The van der Waals surface area contributed by atoms with Gasteiger partial charge in [-0.15, -0.1) is 10.1 Å². The highest BCUT2D eigenvalue weighted by atomic mass is 16.7. The fourth-order valence-corrected chi connectivity index (χ4v) is 2.99. The number of unbranched alkanes of at least 4 members (excludes halogenated alkanes) is 1. The lowest BCUT2D eigenvalue weighted by Gasteiger charge is -2.27. The quantitative estimate of drug-likeness (QED) is 0.351. The molecule has 0 radical (unpaired) electrons. The van der Waals surface area contributed by atoms with Crippen molar-refractivity contribution in [3.63, 3.8) is 0 Å². The third-order valence-electron chi connectivity index (χ3n) is 4.98. The molecule has 2 rings (SSSR count). The summed E-state index contributed by atoms with van der Waals surface area (Å²) in [7, 11) is 0. The van der Waals surface area contributed by atoms with Crippen LogP contribution in [0.15, 0.2) is 12.8 Å². The lowest BCUT2D eigenvalue weighted by molar-refractivity contribution is -0.216. The number of nitrogens with zero attached hydrogens (tertiary/aromatic N) is 2. The summed E-state index contributed by atoms with van der Waals surface area (Å²) < 4.78 is 0. The van der Waals surface area contributed by atoms with Gasteiger partial charge in [0.05, 0.1) is 0 Å². The van der Waals surface area contributed by atoms with Crippen LogP contribution < -0.4 is 0 Å². The van der Waals surface area contributed by atoms with Crippen LogP contribution >= 0.6 is 0 Å². The van der Waals surface area contributed by atoms with Gasteiger partial charge >= 0.3 is 11.9 Å². The first-order valence-electron chi connectivity index (χ1n) is 10.5. The second kappa shape index (κ2) is 12.1. The average molecular weight is 424 g/mol. The van der Waals surface area contributed by atoms with E-state index in [1.54, 1.807) is 6.92 Å². The third-order valence-corrected chi connectivity index (χ3v) is 4.98. The Hall–Kier alpha value is -2.71. The molecule has 0 aromatic heterocycles. The number of carbonyl (C=O) groups excluding carboxylic acids is 5. The van der Waals surface area contributed by atoms with Crippen LogP contribution in [0, 0.1) is 5.41 Å². The molecular weight excluding hydrogens is 392 g/mol. The molecule has 0 unspecified atom stereocenters. The second-order valence-corrected chi connectivity index (χ2v) is 7.28. The normalized spacial score (nSPS) is 17.1. The van der Waals surface area contributed by atoms with E-state index in [0.29, 0.717) is 29.4 Å². The molecule has 2 aliphatic rings. The zero-order valence-electron chi connectivity index (χ0n) is 18.1. The number of hydrogen-bond donors (Lipinski definition) is 0. The van der Waals surface area contributed by atoms with Crippen LogP contribution in [0.1, 0.15) is 85.0 Å². The van der Waals surface area contributed by atoms with Gasteiger partial charge in [-0.3, -0.25) is 14.4 Å². The molecule has 0 aromatic carbocycles. The molecule has 3 amide bonds. The summed E-state index contributed by atoms with van der Waals surface area (Å²) in [4.78, 5) is 70.5. The summed E-state index contributed by atoms with van der Waals surface area (Å²) in [6.45, 7) is 9.58. The van der Waals surface area contributed by atoms with Crippen molar-refractivity contribution in [3.8, 4) is 0 Å². The summed E-state index contributed by atoms with van der Waals surface area (Å²) >= 11 is 0. The molecule has 2 fully saturated rings. The van der Waals surface area contributed by atoms with E-state index in [4.69, 9.17) is 9.68 Å². The number of carbonyl (C=O) groups is 5. The van der Waals surface area contributed by atoms with E-state index in [1.165, 1.54) is 12.8 Å². The predicted octanol–water partition coefficient (Wildman–Crippen LogP) is 3.19. The van der Waals surface area contributed by atoms with E-state index in [0.717, 1.165) is 6.20 Å². The smallest absolute Gasteiger partial charge is 0.332 e. The molecule has 9 nitrogen and oxygen atoms in total. The van der Waals surface area contributed by atoms with Crippen LogP contribution in [-0.4, -0.2) is 39.8 Å². The van der Waals surface area contributed by atoms with Crippen LogP contribution in [0.2, 0.25) is 0 Å². The van der Waals surface area contributed by atoms with Gasteiger partial charge in [-0.2, -0.15) is 0 Å². The Labute approximate surface area is 177 Å². The highest BCUT2D eigenvalue weighted by Crippen LogP contribution is 2.41. The minimum atomic E-state index is -1.66. The van der Waals surface area contributed by atoms with Crippen molar-refractivity contribution in [3.05, 3.63) is 12.8 Å². The standard InChI is InChI=1S/C17H22N2O7.C4H10/c1-3-7-12(20)18(4-2)25-15(23)17(10-5-6-11-17)16(24)26-19-13(21)8-9-14(19)22;1-3-4-2/h4H,2-3,5-11H2,1H3;3-4H2,1-2H3. The van der Waals surface area contributed by atoms with Gasteiger partial charge in [0.15, 0.2) is 5.41 Å². The highest BCUT2D eigenvalue weighted by Gasteiger charge is 2.54. The topological polar surface area (TPSA) is 110 Å². The minimum Gasteiger partial charge on any atom is -0.332 e. The Balaban J connectivity index is 0.00000103. The number of rotatable bonds is 7. The number of hydroxylamine groups is 4. The lowest BCUT2D eigenvalue weighted by Crippen LogP contribution is -2.46. The fourth-order valence-electron chi connectivity index (χ4n) is 2.99. The maximum absolute atomic E-state index is 12.7. The number of amides is 3. The third kappa shape index (κ3) is 6.14. The summed E-state index contributed by atoms with van der Waals surface area (Å²) in [6.07, 6.45) is 5.74. The van der Waals surface area contributed by atoms with E-state index >= 15 is 0 Å². The average Bonchev–Trinajstić information content (AvgIpc) is 3.35. The molecule has 1 saturated heterocycles. The molecule has 9 heteroatoms.